The SMILES string of the molecule is O=C(NC1CCN(C(=O)OCCCl)CC1)c1ccc(=O)[nH]n1. The summed E-state index contributed by atoms with van der Waals surface area (Å²) in [6, 6.07) is 2.57. The molecule has 0 atom stereocenters. The van der Waals surface area contributed by atoms with Gasteiger partial charge in [-0.25, -0.2) is 9.89 Å². The van der Waals surface area contributed by atoms with Crippen molar-refractivity contribution in [2.45, 2.75) is 18.9 Å². The molecule has 2 N–H and O–H groups in total. The van der Waals surface area contributed by atoms with Gasteiger partial charge in [0.15, 0.2) is 0 Å². The van der Waals surface area contributed by atoms with Crippen LogP contribution in [0.5, 0.6) is 0 Å². The summed E-state index contributed by atoms with van der Waals surface area (Å²) in [6.07, 6.45) is 0.878. The highest BCUT2D eigenvalue weighted by Crippen LogP contribution is 2.12. The number of aromatic amines is 1. The molecular weight excluding hydrogens is 312 g/mol. The van der Waals surface area contributed by atoms with Gasteiger partial charge in [0, 0.05) is 25.2 Å². The Kier molecular flexibility index (Phi) is 5.76. The predicted octanol–water partition coefficient (Wildman–Crippen LogP) is 0.339. The second-order valence-corrected chi connectivity index (χ2v) is 5.22. The quantitative estimate of drug-likeness (QED) is 0.775. The largest absolute Gasteiger partial charge is 0.448 e. The average Bonchev–Trinajstić information content (AvgIpc) is 2.54. The minimum atomic E-state index is -0.382. The Morgan fingerprint density at radius 3 is 2.73 bits per heavy atom. The summed E-state index contributed by atoms with van der Waals surface area (Å²) in [7, 11) is 0. The summed E-state index contributed by atoms with van der Waals surface area (Å²) in [5.41, 5.74) is -0.205. The zero-order chi connectivity index (χ0) is 15.9. The van der Waals surface area contributed by atoms with E-state index < -0.39 is 0 Å². The van der Waals surface area contributed by atoms with Gasteiger partial charge in [0.05, 0.1) is 5.88 Å². The number of ether oxygens (including phenoxy) is 1. The van der Waals surface area contributed by atoms with Gasteiger partial charge in [-0.05, 0) is 18.9 Å². The first-order valence-corrected chi connectivity index (χ1v) is 7.48. The predicted molar refractivity (Wildman–Crippen MR) is 79.0 cm³/mol. The van der Waals surface area contributed by atoms with Crippen molar-refractivity contribution < 1.29 is 14.3 Å². The van der Waals surface area contributed by atoms with Crippen LogP contribution in [-0.2, 0) is 4.74 Å². The molecule has 0 spiro atoms. The van der Waals surface area contributed by atoms with Crippen LogP contribution in [0, 0.1) is 0 Å². The second kappa shape index (κ2) is 7.79. The van der Waals surface area contributed by atoms with Crippen molar-refractivity contribution in [3.8, 4) is 0 Å². The topological polar surface area (TPSA) is 104 Å². The maximum atomic E-state index is 12.0. The standard InChI is InChI=1S/C13H17ClN4O4/c14-5-8-22-13(21)18-6-3-9(4-7-18)15-12(20)10-1-2-11(19)17-16-10/h1-2,9H,3-8H2,(H,15,20)(H,17,19). The molecule has 1 aromatic heterocycles. The van der Waals surface area contributed by atoms with Gasteiger partial charge in [-0.1, -0.05) is 0 Å². The van der Waals surface area contributed by atoms with Crippen LogP contribution in [0.1, 0.15) is 23.3 Å². The monoisotopic (exact) mass is 328 g/mol. The summed E-state index contributed by atoms with van der Waals surface area (Å²) >= 11 is 5.46. The number of alkyl halides is 1. The third-order valence-electron chi connectivity index (χ3n) is 3.30. The molecule has 0 bridgehead atoms. The Bertz CT molecular complexity index is 563. The van der Waals surface area contributed by atoms with Crippen LogP contribution in [0.15, 0.2) is 16.9 Å². The van der Waals surface area contributed by atoms with Crippen molar-refractivity contribution >= 4 is 23.6 Å². The Morgan fingerprint density at radius 1 is 1.41 bits per heavy atom. The molecule has 22 heavy (non-hydrogen) atoms. The van der Waals surface area contributed by atoms with E-state index in [0.717, 1.165) is 0 Å². The molecule has 9 heteroatoms. The molecule has 0 unspecified atom stereocenters. The van der Waals surface area contributed by atoms with Gasteiger partial charge in [-0.15, -0.1) is 11.6 Å². The molecule has 1 aliphatic rings. The average molecular weight is 329 g/mol. The number of nitrogens with one attached hydrogen (secondary N) is 2. The number of halogens is 1. The Hall–Kier alpha value is -2.09. The van der Waals surface area contributed by atoms with Gasteiger partial charge in [-0.2, -0.15) is 5.10 Å². The summed E-state index contributed by atoms with van der Waals surface area (Å²) in [4.78, 5) is 36.1. The summed E-state index contributed by atoms with van der Waals surface area (Å²) in [5, 5.41) is 8.72. The molecule has 1 aromatic rings. The minimum Gasteiger partial charge on any atom is -0.448 e. The fourth-order valence-electron chi connectivity index (χ4n) is 2.15. The Balaban J connectivity index is 1.79. The molecule has 120 valence electrons. The highest BCUT2D eigenvalue weighted by atomic mass is 35.5. The van der Waals surface area contributed by atoms with Crippen LogP contribution in [0.25, 0.3) is 0 Å². The number of rotatable bonds is 4. The molecule has 8 nitrogen and oxygen atoms in total. The lowest BCUT2D eigenvalue weighted by atomic mass is 10.1. The number of hydrogen-bond acceptors (Lipinski definition) is 5. The first-order chi connectivity index (χ1) is 10.6. The van der Waals surface area contributed by atoms with Crippen molar-refractivity contribution in [1.82, 2.24) is 20.4 Å². The maximum Gasteiger partial charge on any atom is 0.409 e. The molecule has 0 aromatic carbocycles. The number of likely N-dealkylation sites (tertiary alicyclic amines) is 1. The number of amides is 2. The molecule has 0 saturated carbocycles. The van der Waals surface area contributed by atoms with Crippen molar-refractivity contribution in [2.24, 2.45) is 0 Å². The Labute approximate surface area is 131 Å². The maximum absolute atomic E-state index is 12.0. The fourth-order valence-corrected chi connectivity index (χ4v) is 2.23. The zero-order valence-electron chi connectivity index (χ0n) is 11.9. The highest BCUT2D eigenvalue weighted by molar-refractivity contribution is 6.18. The van der Waals surface area contributed by atoms with Gasteiger partial charge in [0.2, 0.25) is 0 Å². The number of hydrogen-bond donors (Lipinski definition) is 2. The van der Waals surface area contributed by atoms with Gasteiger partial charge < -0.3 is 15.0 Å². The molecule has 1 fully saturated rings. The molecular formula is C13H17ClN4O4. The molecule has 2 amide bonds. The van der Waals surface area contributed by atoms with Crippen molar-refractivity contribution in [1.29, 1.82) is 0 Å². The zero-order valence-corrected chi connectivity index (χ0v) is 12.6. The molecule has 0 radical (unpaired) electrons. The normalized spacial score (nSPS) is 15.4. The Morgan fingerprint density at radius 2 is 2.14 bits per heavy atom. The van der Waals surface area contributed by atoms with E-state index >= 15 is 0 Å². The van der Waals surface area contributed by atoms with E-state index in [0.29, 0.717) is 25.9 Å². The van der Waals surface area contributed by atoms with E-state index in [-0.39, 0.29) is 41.8 Å². The third-order valence-corrected chi connectivity index (χ3v) is 3.46. The summed E-state index contributed by atoms with van der Waals surface area (Å²) < 4.78 is 4.95. The van der Waals surface area contributed by atoms with Crippen molar-refractivity contribution in [3.05, 3.63) is 28.2 Å². The molecule has 0 aliphatic carbocycles. The second-order valence-electron chi connectivity index (χ2n) is 4.84. The van der Waals surface area contributed by atoms with Crippen LogP contribution in [0.2, 0.25) is 0 Å². The van der Waals surface area contributed by atoms with E-state index in [4.69, 9.17) is 16.3 Å². The van der Waals surface area contributed by atoms with Gasteiger partial charge >= 0.3 is 6.09 Å². The van der Waals surface area contributed by atoms with Crippen molar-refractivity contribution in [3.63, 3.8) is 0 Å². The number of aromatic nitrogens is 2. The highest BCUT2D eigenvalue weighted by Gasteiger charge is 2.25. The van der Waals surface area contributed by atoms with Crippen LogP contribution in [-0.4, -0.2) is 58.7 Å². The number of piperidine rings is 1. The number of nitrogens with zero attached hydrogens (tertiary/aromatic N) is 2. The van der Waals surface area contributed by atoms with Gasteiger partial charge in [-0.3, -0.25) is 9.59 Å². The first kappa shape index (κ1) is 16.3. The van der Waals surface area contributed by atoms with Crippen LogP contribution in [0.3, 0.4) is 0 Å². The van der Waals surface area contributed by atoms with Crippen LogP contribution < -0.4 is 10.9 Å². The molecule has 2 rings (SSSR count). The van der Waals surface area contributed by atoms with E-state index in [9.17, 15) is 14.4 Å². The van der Waals surface area contributed by atoms with Gasteiger partial charge in [0.25, 0.3) is 11.5 Å². The lowest BCUT2D eigenvalue weighted by Gasteiger charge is -2.31. The summed E-state index contributed by atoms with van der Waals surface area (Å²) in [6.45, 7) is 1.20. The lowest BCUT2D eigenvalue weighted by molar-refractivity contribution is 0.0857. The smallest absolute Gasteiger partial charge is 0.409 e. The summed E-state index contributed by atoms with van der Waals surface area (Å²) in [5.74, 6) is -0.0795. The third kappa shape index (κ3) is 4.45. The number of H-pyrrole nitrogens is 1. The molecule has 1 aliphatic heterocycles. The van der Waals surface area contributed by atoms with Crippen molar-refractivity contribution in [2.75, 3.05) is 25.6 Å². The lowest BCUT2D eigenvalue weighted by Crippen LogP contribution is -2.47. The molecule has 2 heterocycles. The fraction of sp³-hybridized carbons (Fsp3) is 0.538. The van der Waals surface area contributed by atoms with Gasteiger partial charge in [0.1, 0.15) is 12.3 Å². The number of carbonyl (C=O) groups is 2. The van der Waals surface area contributed by atoms with Crippen LogP contribution >= 0.6 is 11.6 Å². The molecule has 1 saturated heterocycles. The van der Waals surface area contributed by atoms with Crippen LogP contribution in [0.4, 0.5) is 4.79 Å². The minimum absolute atomic E-state index is 0.0432. The van der Waals surface area contributed by atoms with E-state index in [1.807, 2.05) is 0 Å². The number of carbonyl (C=O) groups excluding carboxylic acids is 2. The van der Waals surface area contributed by atoms with E-state index in [1.165, 1.54) is 12.1 Å². The first-order valence-electron chi connectivity index (χ1n) is 6.94. The van der Waals surface area contributed by atoms with E-state index in [2.05, 4.69) is 15.5 Å². The van der Waals surface area contributed by atoms with E-state index in [1.54, 1.807) is 4.90 Å².